The Morgan fingerprint density at radius 2 is 2.00 bits per heavy atom. The predicted octanol–water partition coefficient (Wildman–Crippen LogP) is 2.21. The van der Waals surface area contributed by atoms with Gasteiger partial charge in [0, 0.05) is 0 Å². The molecule has 0 saturated heterocycles. The third-order valence-corrected chi connectivity index (χ3v) is 1.72. The molecule has 0 aromatic heterocycles. The van der Waals surface area contributed by atoms with Crippen molar-refractivity contribution in [3.05, 3.63) is 5.53 Å². The molecule has 0 N–H and O–H groups in total. The molecule has 1 fully saturated rings. The molecule has 1 aliphatic carbocycles. The third kappa shape index (κ3) is 4.26. The lowest BCUT2D eigenvalue weighted by Gasteiger charge is -2.05. The highest BCUT2D eigenvalue weighted by atomic mass is 17.2. The van der Waals surface area contributed by atoms with Crippen LogP contribution >= 0.6 is 0 Å². The highest BCUT2D eigenvalue weighted by Gasteiger charge is 2.16. The highest BCUT2D eigenvalue weighted by Crippen LogP contribution is 2.20. The van der Waals surface area contributed by atoms with Gasteiger partial charge in [0.2, 0.25) is 6.40 Å². The van der Waals surface area contributed by atoms with Gasteiger partial charge in [-0.2, -0.15) is 4.89 Å². The quantitative estimate of drug-likeness (QED) is 0.215. The predicted molar refractivity (Wildman–Crippen MR) is 43.6 cm³/mol. The van der Waals surface area contributed by atoms with E-state index in [0.717, 1.165) is 19.2 Å². The monoisotopic (exact) mass is 184 g/mol. The van der Waals surface area contributed by atoms with E-state index in [1.165, 1.54) is 12.8 Å². The molecule has 13 heavy (non-hydrogen) atoms. The summed E-state index contributed by atoms with van der Waals surface area (Å²) in [5, 5.41) is 11.5. The van der Waals surface area contributed by atoms with Crippen LogP contribution in [0.1, 0.15) is 25.7 Å². The molecule has 0 radical (unpaired) electrons. The topological polar surface area (TPSA) is 90.2 Å². The summed E-state index contributed by atoms with van der Waals surface area (Å²) in [6, 6.07) is 0. The molecule has 0 spiro atoms. The van der Waals surface area contributed by atoms with E-state index in [9.17, 15) is 0 Å². The van der Waals surface area contributed by atoms with Crippen LogP contribution in [-0.4, -0.2) is 12.5 Å². The summed E-state index contributed by atoms with van der Waals surface area (Å²) in [5.74, 6) is 0. The molecule has 0 bridgehead atoms. The van der Waals surface area contributed by atoms with E-state index < -0.39 is 0 Å². The van der Waals surface area contributed by atoms with Crippen molar-refractivity contribution in [1.82, 2.24) is 0 Å². The Labute approximate surface area is 75.2 Å². The van der Waals surface area contributed by atoms with Crippen LogP contribution in [-0.2, 0) is 9.78 Å². The molecular formula is C6H10N5O2-. The molecule has 7 nitrogen and oxygen atoms in total. The summed E-state index contributed by atoms with van der Waals surface area (Å²) >= 11 is 0. The van der Waals surface area contributed by atoms with Crippen LogP contribution in [0.4, 0.5) is 0 Å². The fourth-order valence-corrected chi connectivity index (χ4v) is 1.17. The third-order valence-electron chi connectivity index (χ3n) is 1.72. The summed E-state index contributed by atoms with van der Waals surface area (Å²) in [5.41, 5.74) is 7.81. The molecule has 0 heterocycles. The standard InChI is InChI=1S/C6H10N5O2/c7-9-11-10-8-5-12-13-6-3-1-2-4-6/h5-6H,1-4H2/q-1/b8-5+,11-10+. The van der Waals surface area contributed by atoms with Crippen molar-refractivity contribution in [3.8, 4) is 0 Å². The molecule has 1 aliphatic rings. The first kappa shape index (κ1) is 9.72. The summed E-state index contributed by atoms with van der Waals surface area (Å²) in [4.78, 5) is 9.53. The van der Waals surface area contributed by atoms with Gasteiger partial charge in [-0.15, -0.1) is 10.3 Å². The van der Waals surface area contributed by atoms with Crippen molar-refractivity contribution in [2.24, 2.45) is 20.8 Å². The number of rotatable bonds is 5. The minimum atomic E-state index is 0.158. The smallest absolute Gasteiger partial charge is 0.239 e. The maximum atomic E-state index is 7.81. The molecule has 0 aliphatic heterocycles. The van der Waals surface area contributed by atoms with Crippen LogP contribution in [0.25, 0.3) is 5.53 Å². The van der Waals surface area contributed by atoms with E-state index in [1.54, 1.807) is 0 Å². The molecule has 0 aromatic rings. The van der Waals surface area contributed by atoms with E-state index in [1.807, 2.05) is 0 Å². The largest absolute Gasteiger partial charge is 0.360 e. The lowest BCUT2D eigenvalue weighted by Crippen LogP contribution is -2.06. The molecule has 7 heteroatoms. The van der Waals surface area contributed by atoms with Gasteiger partial charge >= 0.3 is 0 Å². The zero-order valence-corrected chi connectivity index (χ0v) is 7.04. The van der Waals surface area contributed by atoms with Crippen LogP contribution in [0.3, 0.4) is 0 Å². The average Bonchev–Trinajstić information content (AvgIpc) is 2.63. The Bertz CT molecular complexity index is 199. The van der Waals surface area contributed by atoms with Crippen molar-refractivity contribution in [3.63, 3.8) is 0 Å². The summed E-state index contributed by atoms with van der Waals surface area (Å²) in [6.07, 6.45) is 5.53. The number of hydrogen-bond donors (Lipinski definition) is 0. The molecular weight excluding hydrogens is 174 g/mol. The van der Waals surface area contributed by atoms with Crippen molar-refractivity contribution in [2.45, 2.75) is 31.8 Å². The van der Waals surface area contributed by atoms with Gasteiger partial charge in [0.25, 0.3) is 0 Å². The zero-order valence-electron chi connectivity index (χ0n) is 7.04. The molecule has 1 rings (SSSR count). The fraction of sp³-hybridized carbons (Fsp3) is 0.833. The number of nitrogens with zero attached hydrogens (tertiary/aromatic N) is 5. The summed E-state index contributed by atoms with van der Waals surface area (Å²) < 4.78 is 0. The molecule has 72 valence electrons. The molecule has 0 unspecified atom stereocenters. The highest BCUT2D eigenvalue weighted by molar-refractivity contribution is 5.44. The second kappa shape index (κ2) is 6.18. The van der Waals surface area contributed by atoms with E-state index >= 15 is 0 Å². The van der Waals surface area contributed by atoms with Crippen molar-refractivity contribution in [1.29, 1.82) is 0 Å². The van der Waals surface area contributed by atoms with Crippen molar-refractivity contribution < 1.29 is 9.78 Å². The first-order valence-electron chi connectivity index (χ1n) is 4.01. The van der Waals surface area contributed by atoms with Crippen molar-refractivity contribution >= 4 is 6.40 Å². The lowest BCUT2D eigenvalue weighted by molar-refractivity contribution is -0.251. The van der Waals surface area contributed by atoms with E-state index in [2.05, 4.69) is 25.7 Å². The van der Waals surface area contributed by atoms with Crippen LogP contribution in [0.5, 0.6) is 0 Å². The van der Waals surface area contributed by atoms with Gasteiger partial charge in [-0.1, -0.05) is 12.8 Å². The van der Waals surface area contributed by atoms with Crippen LogP contribution in [0.2, 0.25) is 0 Å². The van der Waals surface area contributed by atoms with Crippen LogP contribution in [0.15, 0.2) is 20.8 Å². The lowest BCUT2D eigenvalue weighted by atomic mass is 10.3. The van der Waals surface area contributed by atoms with Gasteiger partial charge in [0.15, 0.2) is 0 Å². The minimum absolute atomic E-state index is 0.158. The Morgan fingerprint density at radius 1 is 1.23 bits per heavy atom. The minimum Gasteiger partial charge on any atom is -0.360 e. The zero-order chi connectivity index (χ0) is 9.36. The van der Waals surface area contributed by atoms with Gasteiger partial charge in [0.05, 0.1) is 0 Å². The Kier molecular flexibility index (Phi) is 4.62. The van der Waals surface area contributed by atoms with E-state index in [-0.39, 0.29) is 6.10 Å². The molecule has 0 aromatic carbocycles. The molecule has 0 amide bonds. The number of hydrogen-bond acceptors (Lipinski definition) is 3. The van der Waals surface area contributed by atoms with Gasteiger partial charge < -0.3 is 10.4 Å². The molecule has 1 saturated carbocycles. The second-order valence-electron chi connectivity index (χ2n) is 2.59. The summed E-state index contributed by atoms with van der Waals surface area (Å²) in [7, 11) is 0. The Balaban J connectivity index is 2.02. The van der Waals surface area contributed by atoms with Gasteiger partial charge in [-0.25, -0.2) is 5.22 Å². The van der Waals surface area contributed by atoms with E-state index in [4.69, 9.17) is 10.4 Å². The Hall–Kier alpha value is -1.37. The van der Waals surface area contributed by atoms with Gasteiger partial charge in [0.1, 0.15) is 6.10 Å². The maximum absolute atomic E-state index is 7.81. The average molecular weight is 184 g/mol. The molecule has 0 atom stereocenters. The SMILES string of the molecule is [N-]=N/N=N/N=C/OOC1CCCC1. The van der Waals surface area contributed by atoms with Gasteiger partial charge in [-0.05, 0) is 12.8 Å². The first-order chi connectivity index (χ1) is 6.43. The normalized spacial score (nSPS) is 18.8. The van der Waals surface area contributed by atoms with Crippen LogP contribution < -0.4 is 0 Å². The Morgan fingerprint density at radius 3 is 2.69 bits per heavy atom. The fourth-order valence-electron chi connectivity index (χ4n) is 1.17. The van der Waals surface area contributed by atoms with Crippen molar-refractivity contribution in [2.75, 3.05) is 0 Å². The summed E-state index contributed by atoms with van der Waals surface area (Å²) in [6.45, 7) is 0. The maximum Gasteiger partial charge on any atom is 0.239 e. The van der Waals surface area contributed by atoms with E-state index in [0.29, 0.717) is 0 Å². The first-order valence-corrected chi connectivity index (χ1v) is 4.01. The van der Waals surface area contributed by atoms with Crippen LogP contribution in [0, 0.1) is 0 Å². The second-order valence-corrected chi connectivity index (χ2v) is 2.59. The van der Waals surface area contributed by atoms with Gasteiger partial charge in [-0.3, -0.25) is 5.22 Å².